The van der Waals surface area contributed by atoms with Crippen molar-refractivity contribution in [2.45, 2.75) is 6.92 Å². The van der Waals surface area contributed by atoms with Crippen LogP contribution in [0.4, 0.5) is 0 Å². The Kier molecular flexibility index (Phi) is 2.46. The Morgan fingerprint density at radius 3 is 2.14 bits per heavy atom. The third-order valence-electron chi connectivity index (χ3n) is 1.93. The predicted molar refractivity (Wildman–Crippen MR) is 57.2 cm³/mol. The Balaban J connectivity index is 2.40. The molecule has 1 heterocycles. The Morgan fingerprint density at radius 2 is 1.57 bits per heavy atom. The van der Waals surface area contributed by atoms with Gasteiger partial charge in [-0.1, -0.05) is 41.4 Å². The molecule has 0 unspecified atom stereocenters. The molecule has 0 spiro atoms. The van der Waals surface area contributed by atoms with E-state index >= 15 is 0 Å². The summed E-state index contributed by atoms with van der Waals surface area (Å²) in [5.74, 6) is 0.703. The summed E-state index contributed by atoms with van der Waals surface area (Å²) in [5.41, 5.74) is 2.23. The van der Waals surface area contributed by atoms with Crippen LogP contribution in [0.1, 0.15) is 5.56 Å². The maximum Gasteiger partial charge on any atom is 0.159 e. The molecule has 2 aromatic rings. The normalized spacial score (nSPS) is 10.1. The van der Waals surface area contributed by atoms with Crippen molar-refractivity contribution in [3.63, 3.8) is 0 Å². The Bertz CT molecular complexity index is 377. The van der Waals surface area contributed by atoms with Crippen molar-refractivity contribution in [3.8, 4) is 11.4 Å². The molecule has 0 amide bonds. The molecule has 0 bridgehead atoms. The zero-order valence-electron chi connectivity index (χ0n) is 7.74. The monoisotopic (exact) mass is 204 g/mol. The smallest absolute Gasteiger partial charge is 0.159 e. The molecule has 1 aromatic heterocycles. The van der Waals surface area contributed by atoms with E-state index in [-0.39, 0.29) is 0 Å². The van der Waals surface area contributed by atoms with Crippen molar-refractivity contribution in [1.29, 1.82) is 0 Å². The van der Waals surface area contributed by atoms with Crippen molar-refractivity contribution in [1.82, 2.24) is 9.97 Å². The Hall–Kier alpha value is -1.41. The van der Waals surface area contributed by atoms with E-state index in [4.69, 9.17) is 11.6 Å². The summed E-state index contributed by atoms with van der Waals surface area (Å²) >= 11 is 5.70. The second kappa shape index (κ2) is 3.76. The maximum absolute atomic E-state index is 5.70. The average Bonchev–Trinajstić information content (AvgIpc) is 2.21. The summed E-state index contributed by atoms with van der Waals surface area (Å²) in [6.07, 6.45) is 3.20. The first kappa shape index (κ1) is 9.16. The number of halogens is 1. The SMILES string of the molecule is Cc1ccc(-c2ncc(Cl)cn2)cc1. The van der Waals surface area contributed by atoms with Crippen LogP contribution in [0.2, 0.25) is 5.02 Å². The number of aryl methyl sites for hydroxylation is 1. The summed E-state index contributed by atoms with van der Waals surface area (Å²) in [6, 6.07) is 8.07. The molecule has 0 saturated heterocycles. The average molecular weight is 205 g/mol. The number of aromatic nitrogens is 2. The zero-order chi connectivity index (χ0) is 9.97. The third-order valence-corrected chi connectivity index (χ3v) is 2.13. The molecular weight excluding hydrogens is 196 g/mol. The van der Waals surface area contributed by atoms with Crippen molar-refractivity contribution in [2.75, 3.05) is 0 Å². The highest BCUT2D eigenvalue weighted by molar-refractivity contribution is 6.30. The molecular formula is C11H9ClN2. The molecule has 3 heteroatoms. The number of nitrogens with zero attached hydrogens (tertiary/aromatic N) is 2. The minimum Gasteiger partial charge on any atom is -0.235 e. The number of hydrogen-bond acceptors (Lipinski definition) is 2. The van der Waals surface area contributed by atoms with Gasteiger partial charge >= 0.3 is 0 Å². The van der Waals surface area contributed by atoms with Gasteiger partial charge in [-0.05, 0) is 6.92 Å². The number of rotatable bonds is 1. The number of benzene rings is 1. The largest absolute Gasteiger partial charge is 0.235 e. The molecule has 70 valence electrons. The van der Waals surface area contributed by atoms with E-state index in [0.717, 1.165) is 5.56 Å². The predicted octanol–water partition coefficient (Wildman–Crippen LogP) is 3.11. The summed E-state index contributed by atoms with van der Waals surface area (Å²) in [5, 5.41) is 0.556. The van der Waals surface area contributed by atoms with E-state index < -0.39 is 0 Å². The van der Waals surface area contributed by atoms with Crippen molar-refractivity contribution >= 4 is 11.6 Å². The topological polar surface area (TPSA) is 25.8 Å². The van der Waals surface area contributed by atoms with E-state index in [1.165, 1.54) is 5.56 Å². The van der Waals surface area contributed by atoms with Gasteiger partial charge < -0.3 is 0 Å². The highest BCUT2D eigenvalue weighted by atomic mass is 35.5. The minimum atomic E-state index is 0.556. The van der Waals surface area contributed by atoms with Gasteiger partial charge in [0.05, 0.1) is 5.02 Å². The summed E-state index contributed by atoms with van der Waals surface area (Å²) in [4.78, 5) is 8.27. The molecule has 1 aromatic carbocycles. The van der Waals surface area contributed by atoms with Gasteiger partial charge in [-0.2, -0.15) is 0 Å². The molecule has 0 saturated carbocycles. The quantitative estimate of drug-likeness (QED) is 0.714. The lowest BCUT2D eigenvalue weighted by Gasteiger charge is -1.99. The van der Waals surface area contributed by atoms with E-state index in [0.29, 0.717) is 10.8 Å². The molecule has 0 aliphatic heterocycles. The molecule has 0 atom stereocenters. The fourth-order valence-electron chi connectivity index (χ4n) is 1.16. The van der Waals surface area contributed by atoms with E-state index in [1.807, 2.05) is 31.2 Å². The van der Waals surface area contributed by atoms with Gasteiger partial charge in [0.25, 0.3) is 0 Å². The molecule has 0 fully saturated rings. The highest BCUT2D eigenvalue weighted by Crippen LogP contribution is 2.15. The van der Waals surface area contributed by atoms with E-state index in [2.05, 4.69) is 9.97 Å². The highest BCUT2D eigenvalue weighted by Gasteiger charge is 1.99. The van der Waals surface area contributed by atoms with Gasteiger partial charge in [-0.25, -0.2) is 9.97 Å². The number of hydrogen-bond donors (Lipinski definition) is 0. The first-order chi connectivity index (χ1) is 6.75. The van der Waals surface area contributed by atoms with Crippen LogP contribution in [-0.2, 0) is 0 Å². The van der Waals surface area contributed by atoms with Crippen molar-refractivity contribution in [3.05, 3.63) is 47.2 Å². The second-order valence-corrected chi connectivity index (χ2v) is 3.53. The third kappa shape index (κ3) is 1.91. The van der Waals surface area contributed by atoms with Crippen LogP contribution < -0.4 is 0 Å². The molecule has 0 radical (unpaired) electrons. The summed E-state index contributed by atoms with van der Waals surface area (Å²) in [6.45, 7) is 2.05. The Labute approximate surface area is 87.6 Å². The van der Waals surface area contributed by atoms with E-state index in [1.54, 1.807) is 12.4 Å². The van der Waals surface area contributed by atoms with Crippen LogP contribution in [0.15, 0.2) is 36.7 Å². The van der Waals surface area contributed by atoms with Crippen LogP contribution in [0.3, 0.4) is 0 Å². The van der Waals surface area contributed by atoms with Gasteiger partial charge in [0.2, 0.25) is 0 Å². The molecule has 0 aliphatic carbocycles. The Morgan fingerprint density at radius 1 is 1.00 bits per heavy atom. The lowest BCUT2D eigenvalue weighted by Crippen LogP contribution is -1.87. The molecule has 14 heavy (non-hydrogen) atoms. The van der Waals surface area contributed by atoms with Gasteiger partial charge in [0, 0.05) is 18.0 Å². The van der Waals surface area contributed by atoms with Gasteiger partial charge in [0.15, 0.2) is 5.82 Å². The van der Waals surface area contributed by atoms with Crippen molar-refractivity contribution < 1.29 is 0 Å². The lowest BCUT2D eigenvalue weighted by atomic mass is 10.1. The molecule has 2 rings (SSSR count). The fraction of sp³-hybridized carbons (Fsp3) is 0.0909. The van der Waals surface area contributed by atoms with Crippen LogP contribution in [0.5, 0.6) is 0 Å². The van der Waals surface area contributed by atoms with Crippen molar-refractivity contribution in [2.24, 2.45) is 0 Å². The summed E-state index contributed by atoms with van der Waals surface area (Å²) < 4.78 is 0. The minimum absolute atomic E-state index is 0.556. The standard InChI is InChI=1S/C11H9ClN2/c1-8-2-4-9(5-3-8)11-13-6-10(12)7-14-11/h2-7H,1H3. The van der Waals surface area contributed by atoms with Gasteiger partial charge in [-0.15, -0.1) is 0 Å². The van der Waals surface area contributed by atoms with E-state index in [9.17, 15) is 0 Å². The van der Waals surface area contributed by atoms with Crippen LogP contribution in [-0.4, -0.2) is 9.97 Å². The zero-order valence-corrected chi connectivity index (χ0v) is 8.49. The van der Waals surface area contributed by atoms with Crippen LogP contribution >= 0.6 is 11.6 Å². The first-order valence-corrected chi connectivity index (χ1v) is 4.68. The second-order valence-electron chi connectivity index (χ2n) is 3.09. The molecule has 2 nitrogen and oxygen atoms in total. The van der Waals surface area contributed by atoms with Gasteiger partial charge in [0.1, 0.15) is 0 Å². The first-order valence-electron chi connectivity index (χ1n) is 4.30. The fourth-order valence-corrected chi connectivity index (χ4v) is 1.26. The van der Waals surface area contributed by atoms with Gasteiger partial charge in [-0.3, -0.25) is 0 Å². The summed E-state index contributed by atoms with van der Waals surface area (Å²) in [7, 11) is 0. The van der Waals surface area contributed by atoms with Crippen LogP contribution in [0.25, 0.3) is 11.4 Å². The van der Waals surface area contributed by atoms with Crippen LogP contribution in [0, 0.1) is 6.92 Å². The lowest BCUT2D eigenvalue weighted by molar-refractivity contribution is 1.17. The maximum atomic E-state index is 5.70. The molecule has 0 aliphatic rings. The molecule has 0 N–H and O–H groups in total.